The molecule has 0 atom stereocenters. The molecule has 1 fully saturated rings. The maximum absolute atomic E-state index is 3.29. The second-order valence-electron chi connectivity index (χ2n) is 4.38. The number of rotatable bonds is 2. The van der Waals surface area contributed by atoms with Gasteiger partial charge in [0.1, 0.15) is 0 Å². The van der Waals surface area contributed by atoms with Crippen molar-refractivity contribution in [3.8, 4) is 11.8 Å². The van der Waals surface area contributed by atoms with Gasteiger partial charge >= 0.3 is 0 Å². The second kappa shape index (κ2) is 4.13. The molecule has 0 aromatic heterocycles. The van der Waals surface area contributed by atoms with Crippen LogP contribution in [0.25, 0.3) is 0 Å². The lowest BCUT2D eigenvalue weighted by atomic mass is 10.1. The lowest BCUT2D eigenvalue weighted by Crippen LogP contribution is -2.38. The van der Waals surface area contributed by atoms with Crippen LogP contribution in [0.2, 0.25) is 0 Å². The molecule has 0 unspecified atom stereocenters. The van der Waals surface area contributed by atoms with Gasteiger partial charge in [0.25, 0.3) is 0 Å². The quantitative estimate of drug-likeness (QED) is 0.586. The van der Waals surface area contributed by atoms with Crippen LogP contribution in [0.1, 0.15) is 20.3 Å². The Bertz CT molecular complexity index is 216. The number of nitrogens with zero attached hydrogens (tertiary/aromatic N) is 2. The summed E-state index contributed by atoms with van der Waals surface area (Å²) in [5.41, 5.74) is 0.00483. The molecule has 0 aromatic rings. The lowest BCUT2D eigenvalue weighted by molar-refractivity contribution is 0.206. The third-order valence-corrected chi connectivity index (χ3v) is 2.76. The molecular formula is C11H20N2. The molecule has 0 N–H and O–H groups in total. The molecule has 1 rings (SSSR count). The fourth-order valence-corrected chi connectivity index (χ4v) is 1.02. The van der Waals surface area contributed by atoms with E-state index in [1.54, 1.807) is 0 Å². The Labute approximate surface area is 81.9 Å². The van der Waals surface area contributed by atoms with Gasteiger partial charge in [-0.25, -0.2) is 0 Å². The summed E-state index contributed by atoms with van der Waals surface area (Å²) >= 11 is 0. The highest BCUT2D eigenvalue weighted by Gasteiger charge is 2.16. The summed E-state index contributed by atoms with van der Waals surface area (Å²) in [7, 11) is 4.14. The SMILES string of the molecule is CN(C)C(C)(C)C#CCN1CCC1. The highest BCUT2D eigenvalue weighted by Crippen LogP contribution is 2.08. The van der Waals surface area contributed by atoms with Crippen LogP contribution >= 0.6 is 0 Å². The summed E-state index contributed by atoms with van der Waals surface area (Å²) in [6, 6.07) is 0. The molecule has 1 aliphatic heterocycles. The Kier molecular flexibility index (Phi) is 3.35. The van der Waals surface area contributed by atoms with Crippen molar-refractivity contribution < 1.29 is 0 Å². The third-order valence-electron chi connectivity index (χ3n) is 2.76. The van der Waals surface area contributed by atoms with Crippen molar-refractivity contribution in [3.05, 3.63) is 0 Å². The molecule has 13 heavy (non-hydrogen) atoms. The number of hydrogen-bond donors (Lipinski definition) is 0. The summed E-state index contributed by atoms with van der Waals surface area (Å²) in [4.78, 5) is 4.52. The highest BCUT2D eigenvalue weighted by atomic mass is 15.2. The second-order valence-corrected chi connectivity index (χ2v) is 4.38. The van der Waals surface area contributed by atoms with E-state index in [0.29, 0.717) is 0 Å². The zero-order chi connectivity index (χ0) is 9.90. The molecule has 0 amide bonds. The zero-order valence-corrected chi connectivity index (χ0v) is 9.22. The molecular weight excluding hydrogens is 160 g/mol. The average molecular weight is 180 g/mol. The Morgan fingerprint density at radius 1 is 1.31 bits per heavy atom. The molecule has 0 bridgehead atoms. The van der Waals surface area contributed by atoms with E-state index in [1.165, 1.54) is 19.5 Å². The molecule has 74 valence electrons. The van der Waals surface area contributed by atoms with Crippen molar-refractivity contribution >= 4 is 0 Å². The summed E-state index contributed by atoms with van der Waals surface area (Å²) in [5.74, 6) is 6.54. The number of hydrogen-bond acceptors (Lipinski definition) is 2. The molecule has 0 radical (unpaired) electrons. The van der Waals surface area contributed by atoms with E-state index in [9.17, 15) is 0 Å². The molecule has 2 heteroatoms. The Morgan fingerprint density at radius 3 is 2.31 bits per heavy atom. The zero-order valence-electron chi connectivity index (χ0n) is 9.22. The van der Waals surface area contributed by atoms with Crippen molar-refractivity contribution in [2.45, 2.75) is 25.8 Å². The van der Waals surface area contributed by atoms with Crippen LogP contribution in [0, 0.1) is 11.8 Å². The number of likely N-dealkylation sites (tertiary alicyclic amines) is 1. The van der Waals surface area contributed by atoms with Crippen molar-refractivity contribution in [3.63, 3.8) is 0 Å². The fourth-order valence-electron chi connectivity index (χ4n) is 1.02. The Hall–Kier alpha value is -0.520. The van der Waals surface area contributed by atoms with E-state index in [4.69, 9.17) is 0 Å². The van der Waals surface area contributed by atoms with Crippen LogP contribution in [0.4, 0.5) is 0 Å². The summed E-state index contributed by atoms with van der Waals surface area (Å²) in [6.07, 6.45) is 1.35. The summed E-state index contributed by atoms with van der Waals surface area (Å²) in [5, 5.41) is 0. The van der Waals surface area contributed by atoms with Gasteiger partial charge in [-0.15, -0.1) is 0 Å². The standard InChI is InChI=1S/C11H20N2/c1-11(2,12(3)4)7-5-8-13-9-6-10-13/h6,8-10H2,1-4H3. The summed E-state index contributed by atoms with van der Waals surface area (Å²) < 4.78 is 0. The first-order valence-corrected chi connectivity index (χ1v) is 4.92. The van der Waals surface area contributed by atoms with Gasteiger partial charge in [-0.1, -0.05) is 11.8 Å². The largest absolute Gasteiger partial charge is 0.294 e. The van der Waals surface area contributed by atoms with Gasteiger partial charge in [0, 0.05) is 13.1 Å². The monoisotopic (exact) mass is 180 g/mol. The van der Waals surface area contributed by atoms with Crippen molar-refractivity contribution in [1.29, 1.82) is 0 Å². The predicted octanol–water partition coefficient (Wildman–Crippen LogP) is 1.04. The highest BCUT2D eigenvalue weighted by molar-refractivity contribution is 5.15. The minimum atomic E-state index is 0.00483. The van der Waals surface area contributed by atoms with E-state index in [1.807, 2.05) is 0 Å². The maximum Gasteiger partial charge on any atom is 0.0764 e. The lowest BCUT2D eigenvalue weighted by Gasteiger charge is -2.29. The van der Waals surface area contributed by atoms with Gasteiger partial charge in [0.2, 0.25) is 0 Å². The topological polar surface area (TPSA) is 6.48 Å². The first-order chi connectivity index (χ1) is 6.02. The summed E-state index contributed by atoms with van der Waals surface area (Å²) in [6.45, 7) is 7.71. The van der Waals surface area contributed by atoms with Crippen molar-refractivity contribution in [2.24, 2.45) is 0 Å². The molecule has 0 spiro atoms. The molecule has 0 saturated carbocycles. The minimum Gasteiger partial charge on any atom is -0.294 e. The van der Waals surface area contributed by atoms with Crippen LogP contribution in [-0.2, 0) is 0 Å². The van der Waals surface area contributed by atoms with Crippen LogP contribution in [-0.4, -0.2) is 49.1 Å². The molecule has 0 aliphatic carbocycles. The molecule has 0 aromatic carbocycles. The Balaban J connectivity index is 2.35. The first kappa shape index (κ1) is 10.6. The maximum atomic E-state index is 3.29. The van der Waals surface area contributed by atoms with E-state index in [-0.39, 0.29) is 5.54 Å². The average Bonchev–Trinajstić information content (AvgIpc) is 1.94. The van der Waals surface area contributed by atoms with Crippen molar-refractivity contribution in [2.75, 3.05) is 33.7 Å². The smallest absolute Gasteiger partial charge is 0.0764 e. The van der Waals surface area contributed by atoms with E-state index in [2.05, 4.69) is 49.6 Å². The van der Waals surface area contributed by atoms with E-state index >= 15 is 0 Å². The first-order valence-electron chi connectivity index (χ1n) is 4.92. The molecule has 1 heterocycles. The fraction of sp³-hybridized carbons (Fsp3) is 0.818. The third kappa shape index (κ3) is 3.02. The van der Waals surface area contributed by atoms with Gasteiger partial charge < -0.3 is 0 Å². The van der Waals surface area contributed by atoms with Crippen molar-refractivity contribution in [1.82, 2.24) is 9.80 Å². The molecule has 1 aliphatic rings. The van der Waals surface area contributed by atoms with Crippen LogP contribution in [0.15, 0.2) is 0 Å². The van der Waals surface area contributed by atoms with Crippen LogP contribution in [0.3, 0.4) is 0 Å². The van der Waals surface area contributed by atoms with Crippen LogP contribution < -0.4 is 0 Å². The van der Waals surface area contributed by atoms with Gasteiger partial charge in [0.15, 0.2) is 0 Å². The molecule has 2 nitrogen and oxygen atoms in total. The molecule has 1 saturated heterocycles. The Morgan fingerprint density at radius 2 is 1.92 bits per heavy atom. The van der Waals surface area contributed by atoms with Gasteiger partial charge in [-0.05, 0) is 34.4 Å². The minimum absolute atomic E-state index is 0.00483. The van der Waals surface area contributed by atoms with Gasteiger partial charge in [-0.2, -0.15) is 0 Å². The normalized spacial score (nSPS) is 17.9. The van der Waals surface area contributed by atoms with Gasteiger partial charge in [0.05, 0.1) is 12.1 Å². The predicted molar refractivity (Wildman–Crippen MR) is 56.6 cm³/mol. The van der Waals surface area contributed by atoms with Crippen LogP contribution in [0.5, 0.6) is 0 Å². The van der Waals surface area contributed by atoms with E-state index < -0.39 is 0 Å². The van der Waals surface area contributed by atoms with E-state index in [0.717, 1.165) is 6.54 Å². The van der Waals surface area contributed by atoms with Gasteiger partial charge in [-0.3, -0.25) is 9.80 Å².